The number of anilines is 1. The van der Waals surface area contributed by atoms with E-state index in [2.05, 4.69) is 15.9 Å². The van der Waals surface area contributed by atoms with Gasteiger partial charge < -0.3 is 15.4 Å². The van der Waals surface area contributed by atoms with E-state index in [9.17, 15) is 4.79 Å². The Bertz CT molecular complexity index is 457. The summed E-state index contributed by atoms with van der Waals surface area (Å²) in [5, 5.41) is 0. The first kappa shape index (κ1) is 14.3. The number of nitrogens with two attached hydrogens (primary N) is 1. The van der Waals surface area contributed by atoms with E-state index in [1.54, 1.807) is 12.1 Å². The Morgan fingerprint density at radius 1 is 1.47 bits per heavy atom. The van der Waals surface area contributed by atoms with Crippen LogP contribution in [-0.2, 0) is 4.74 Å². The summed E-state index contributed by atoms with van der Waals surface area (Å²) in [6.07, 6.45) is 2.09. The second-order valence-electron chi connectivity index (χ2n) is 4.68. The summed E-state index contributed by atoms with van der Waals surface area (Å²) in [5.74, 6) is 0.0138. The molecule has 1 aliphatic rings. The number of hydrogen-bond acceptors (Lipinski definition) is 3. The number of amides is 1. The summed E-state index contributed by atoms with van der Waals surface area (Å²) >= 11 is 3.35. The van der Waals surface area contributed by atoms with Gasteiger partial charge in [0.15, 0.2) is 0 Å². The second kappa shape index (κ2) is 6.39. The maximum atomic E-state index is 12.4. The minimum Gasteiger partial charge on any atom is -0.398 e. The number of halogens is 1. The monoisotopic (exact) mass is 326 g/mol. The van der Waals surface area contributed by atoms with Crippen LogP contribution in [-0.4, -0.2) is 36.6 Å². The molecule has 19 heavy (non-hydrogen) atoms. The first-order valence-electron chi connectivity index (χ1n) is 6.57. The molecule has 4 nitrogen and oxygen atoms in total. The van der Waals surface area contributed by atoms with Gasteiger partial charge in [-0.1, -0.05) is 15.9 Å². The highest BCUT2D eigenvalue weighted by Crippen LogP contribution is 2.22. The Balaban J connectivity index is 2.01. The van der Waals surface area contributed by atoms with Gasteiger partial charge in [0.1, 0.15) is 0 Å². The number of carbonyl (C=O) groups excluding carboxylic acids is 1. The average Bonchev–Trinajstić information content (AvgIpc) is 2.39. The predicted molar refractivity (Wildman–Crippen MR) is 79.1 cm³/mol. The molecule has 1 fully saturated rings. The molecular formula is C14H19BrN2O2. The van der Waals surface area contributed by atoms with Gasteiger partial charge in [-0.3, -0.25) is 4.79 Å². The van der Waals surface area contributed by atoms with Gasteiger partial charge in [-0.2, -0.15) is 0 Å². The number of piperidine rings is 1. The van der Waals surface area contributed by atoms with E-state index in [-0.39, 0.29) is 12.0 Å². The molecule has 1 aromatic carbocycles. The summed E-state index contributed by atoms with van der Waals surface area (Å²) in [6, 6.07) is 5.38. The molecule has 1 aliphatic heterocycles. The number of carbonyl (C=O) groups is 1. The maximum absolute atomic E-state index is 12.4. The zero-order chi connectivity index (χ0) is 13.8. The summed E-state index contributed by atoms with van der Waals surface area (Å²) in [4.78, 5) is 14.2. The van der Waals surface area contributed by atoms with Gasteiger partial charge in [-0.15, -0.1) is 0 Å². The Labute approximate surface area is 122 Å². The van der Waals surface area contributed by atoms with Crippen molar-refractivity contribution in [3.63, 3.8) is 0 Å². The van der Waals surface area contributed by atoms with Crippen LogP contribution in [0.15, 0.2) is 22.7 Å². The van der Waals surface area contributed by atoms with Crippen LogP contribution >= 0.6 is 15.9 Å². The fraction of sp³-hybridized carbons (Fsp3) is 0.500. The smallest absolute Gasteiger partial charge is 0.255 e. The van der Waals surface area contributed by atoms with Gasteiger partial charge in [0.2, 0.25) is 0 Å². The summed E-state index contributed by atoms with van der Waals surface area (Å²) in [5.41, 5.74) is 7.00. The SMILES string of the molecule is CCOC1CCN(C(=O)c2ccc(Br)cc2N)CC1. The van der Waals surface area contributed by atoms with Crippen molar-refractivity contribution in [2.75, 3.05) is 25.4 Å². The van der Waals surface area contributed by atoms with Gasteiger partial charge in [-0.25, -0.2) is 0 Å². The highest BCUT2D eigenvalue weighted by Gasteiger charge is 2.24. The van der Waals surface area contributed by atoms with E-state index in [1.165, 1.54) is 0 Å². The van der Waals surface area contributed by atoms with Crippen LogP contribution in [0.2, 0.25) is 0 Å². The summed E-state index contributed by atoms with van der Waals surface area (Å²) in [6.45, 7) is 4.20. The topological polar surface area (TPSA) is 55.6 Å². The van der Waals surface area contributed by atoms with Crippen LogP contribution in [0, 0.1) is 0 Å². The fourth-order valence-electron chi connectivity index (χ4n) is 2.36. The van der Waals surface area contributed by atoms with Crippen molar-refractivity contribution in [2.45, 2.75) is 25.9 Å². The van der Waals surface area contributed by atoms with E-state index in [0.717, 1.165) is 37.0 Å². The zero-order valence-corrected chi connectivity index (χ0v) is 12.6. The van der Waals surface area contributed by atoms with Crippen molar-refractivity contribution in [1.29, 1.82) is 0 Å². The molecule has 2 rings (SSSR count). The summed E-state index contributed by atoms with van der Waals surface area (Å²) in [7, 11) is 0. The third-order valence-corrected chi connectivity index (χ3v) is 3.87. The Morgan fingerprint density at radius 2 is 2.16 bits per heavy atom. The highest BCUT2D eigenvalue weighted by atomic mass is 79.9. The van der Waals surface area contributed by atoms with Crippen molar-refractivity contribution in [3.05, 3.63) is 28.2 Å². The zero-order valence-electron chi connectivity index (χ0n) is 11.1. The number of ether oxygens (including phenoxy) is 1. The van der Waals surface area contributed by atoms with Crippen LogP contribution in [0.1, 0.15) is 30.1 Å². The maximum Gasteiger partial charge on any atom is 0.255 e. The van der Waals surface area contributed by atoms with Crippen LogP contribution < -0.4 is 5.73 Å². The molecule has 1 saturated heterocycles. The van der Waals surface area contributed by atoms with E-state index < -0.39 is 0 Å². The molecule has 104 valence electrons. The quantitative estimate of drug-likeness (QED) is 0.869. The molecule has 2 N–H and O–H groups in total. The highest BCUT2D eigenvalue weighted by molar-refractivity contribution is 9.10. The van der Waals surface area contributed by atoms with E-state index in [0.29, 0.717) is 11.3 Å². The third kappa shape index (κ3) is 3.48. The van der Waals surface area contributed by atoms with Crippen molar-refractivity contribution in [1.82, 2.24) is 4.90 Å². The minimum atomic E-state index is 0.0138. The molecule has 1 aromatic rings. The molecule has 1 amide bonds. The number of nitrogen functional groups attached to an aromatic ring is 1. The van der Waals surface area contributed by atoms with Crippen molar-refractivity contribution >= 4 is 27.5 Å². The van der Waals surface area contributed by atoms with Crippen molar-refractivity contribution in [2.24, 2.45) is 0 Å². The molecule has 0 spiro atoms. The van der Waals surface area contributed by atoms with Crippen molar-refractivity contribution < 1.29 is 9.53 Å². The molecule has 0 radical (unpaired) electrons. The van der Waals surface area contributed by atoms with Crippen LogP contribution in [0.4, 0.5) is 5.69 Å². The van der Waals surface area contributed by atoms with Gasteiger partial charge in [0.25, 0.3) is 5.91 Å². The summed E-state index contributed by atoms with van der Waals surface area (Å²) < 4.78 is 6.47. The lowest BCUT2D eigenvalue weighted by Crippen LogP contribution is -2.41. The molecule has 0 bridgehead atoms. The molecule has 0 saturated carbocycles. The molecular weight excluding hydrogens is 308 g/mol. The van der Waals surface area contributed by atoms with Crippen LogP contribution in [0.25, 0.3) is 0 Å². The first-order chi connectivity index (χ1) is 9.11. The van der Waals surface area contributed by atoms with Gasteiger partial charge in [-0.05, 0) is 38.0 Å². The van der Waals surface area contributed by atoms with Gasteiger partial charge in [0, 0.05) is 29.9 Å². The number of hydrogen-bond donors (Lipinski definition) is 1. The number of rotatable bonds is 3. The van der Waals surface area contributed by atoms with E-state index in [1.807, 2.05) is 17.9 Å². The predicted octanol–water partition coefficient (Wildman–Crippen LogP) is 2.67. The Morgan fingerprint density at radius 3 is 2.74 bits per heavy atom. The first-order valence-corrected chi connectivity index (χ1v) is 7.37. The molecule has 1 heterocycles. The normalized spacial score (nSPS) is 16.6. The molecule has 0 aromatic heterocycles. The number of nitrogens with zero attached hydrogens (tertiary/aromatic N) is 1. The molecule has 5 heteroatoms. The largest absolute Gasteiger partial charge is 0.398 e. The van der Waals surface area contributed by atoms with E-state index in [4.69, 9.17) is 10.5 Å². The van der Waals surface area contributed by atoms with Gasteiger partial charge >= 0.3 is 0 Å². The lowest BCUT2D eigenvalue weighted by Gasteiger charge is -2.32. The Kier molecular flexibility index (Phi) is 4.82. The Hall–Kier alpha value is -1.07. The lowest BCUT2D eigenvalue weighted by atomic mass is 10.1. The third-order valence-electron chi connectivity index (χ3n) is 3.38. The van der Waals surface area contributed by atoms with Crippen LogP contribution in [0.3, 0.4) is 0 Å². The average molecular weight is 327 g/mol. The lowest BCUT2D eigenvalue weighted by molar-refractivity contribution is 0.0146. The molecule has 0 aliphatic carbocycles. The molecule has 0 atom stereocenters. The van der Waals surface area contributed by atoms with E-state index >= 15 is 0 Å². The van der Waals surface area contributed by atoms with Gasteiger partial charge in [0.05, 0.1) is 11.7 Å². The van der Waals surface area contributed by atoms with Crippen molar-refractivity contribution in [3.8, 4) is 0 Å². The van der Waals surface area contributed by atoms with Crippen LogP contribution in [0.5, 0.6) is 0 Å². The second-order valence-corrected chi connectivity index (χ2v) is 5.59. The fourth-order valence-corrected chi connectivity index (χ4v) is 2.74. The molecule has 0 unspecified atom stereocenters. The number of likely N-dealkylation sites (tertiary alicyclic amines) is 1. The minimum absolute atomic E-state index is 0.0138. The number of benzene rings is 1. The standard InChI is InChI=1S/C14H19BrN2O2/c1-2-19-11-5-7-17(8-6-11)14(18)12-4-3-10(15)9-13(12)16/h3-4,9,11H,2,5-8,16H2,1H3.